The number of hydrogen-bond acceptors (Lipinski definition) is 5. The predicted molar refractivity (Wildman–Crippen MR) is 83.6 cm³/mol. The van der Waals surface area contributed by atoms with Crippen molar-refractivity contribution in [1.82, 2.24) is 14.8 Å². The van der Waals surface area contributed by atoms with Crippen molar-refractivity contribution in [3.8, 4) is 17.1 Å². The van der Waals surface area contributed by atoms with Gasteiger partial charge >= 0.3 is 5.97 Å². The van der Waals surface area contributed by atoms with Crippen LogP contribution >= 0.6 is 11.6 Å². The zero-order valence-corrected chi connectivity index (χ0v) is 13.2. The molecule has 1 aromatic heterocycles. The van der Waals surface area contributed by atoms with Crippen LogP contribution in [0.5, 0.6) is 5.75 Å². The van der Waals surface area contributed by atoms with Crippen LogP contribution < -0.4 is 4.74 Å². The zero-order chi connectivity index (χ0) is 16.1. The average Bonchev–Trinajstić information content (AvgIpc) is 2.93. The van der Waals surface area contributed by atoms with E-state index in [1.807, 2.05) is 0 Å². The molecule has 0 amide bonds. The van der Waals surface area contributed by atoms with Crippen LogP contribution in [0.3, 0.4) is 0 Å². The monoisotopic (exact) mass is 321 g/mol. The molecule has 1 heterocycles. The van der Waals surface area contributed by atoms with Crippen molar-refractivity contribution in [2.24, 2.45) is 0 Å². The number of halogens is 1. The topological polar surface area (TPSA) is 66.2 Å². The average molecular weight is 322 g/mol. The molecular formula is C15H16ClN3O3. The van der Waals surface area contributed by atoms with Crippen molar-refractivity contribution in [1.29, 1.82) is 0 Å². The van der Waals surface area contributed by atoms with E-state index in [1.165, 1.54) is 23.3 Å². The summed E-state index contributed by atoms with van der Waals surface area (Å²) in [6, 6.07) is 5.19. The molecule has 22 heavy (non-hydrogen) atoms. The van der Waals surface area contributed by atoms with Gasteiger partial charge in [0, 0.05) is 17.3 Å². The molecule has 2 aromatic rings. The van der Waals surface area contributed by atoms with E-state index in [9.17, 15) is 4.79 Å². The molecule has 6 nitrogen and oxygen atoms in total. The molecule has 0 aliphatic heterocycles. The van der Waals surface area contributed by atoms with Crippen LogP contribution in [0.25, 0.3) is 17.6 Å². The molecule has 0 fully saturated rings. The van der Waals surface area contributed by atoms with Gasteiger partial charge in [0.2, 0.25) is 0 Å². The summed E-state index contributed by atoms with van der Waals surface area (Å²) in [6.07, 6.45) is 4.07. The molecule has 7 heteroatoms. The first-order chi connectivity index (χ1) is 10.5. The van der Waals surface area contributed by atoms with E-state index in [-0.39, 0.29) is 6.10 Å². The highest BCUT2D eigenvalue weighted by atomic mass is 35.5. The summed E-state index contributed by atoms with van der Waals surface area (Å²) in [5.74, 6) is 0.624. The summed E-state index contributed by atoms with van der Waals surface area (Å²) in [4.78, 5) is 15.6. The number of hydrogen-bond donors (Lipinski definition) is 0. The van der Waals surface area contributed by atoms with Crippen molar-refractivity contribution >= 4 is 23.8 Å². The second-order valence-corrected chi connectivity index (χ2v) is 5.13. The summed E-state index contributed by atoms with van der Waals surface area (Å²) < 4.78 is 11.7. The highest BCUT2D eigenvalue weighted by molar-refractivity contribution is 6.30. The van der Waals surface area contributed by atoms with E-state index in [1.54, 1.807) is 39.2 Å². The Labute approximate surface area is 133 Å². The minimum absolute atomic E-state index is 0.167. The van der Waals surface area contributed by atoms with Gasteiger partial charge in [-0.05, 0) is 32.0 Å². The lowest BCUT2D eigenvalue weighted by molar-refractivity contribution is -0.141. The fraction of sp³-hybridized carbons (Fsp3) is 0.267. The molecule has 0 saturated heterocycles. The van der Waals surface area contributed by atoms with Crippen molar-refractivity contribution in [3.63, 3.8) is 0 Å². The summed E-state index contributed by atoms with van der Waals surface area (Å²) in [6.45, 7) is 3.56. The third-order valence-corrected chi connectivity index (χ3v) is 2.86. The molecule has 2 rings (SSSR count). The van der Waals surface area contributed by atoms with Gasteiger partial charge in [-0.2, -0.15) is 0 Å². The van der Waals surface area contributed by atoms with Gasteiger partial charge in [-0.25, -0.2) is 14.5 Å². The van der Waals surface area contributed by atoms with Crippen molar-refractivity contribution in [2.45, 2.75) is 20.0 Å². The van der Waals surface area contributed by atoms with E-state index in [0.29, 0.717) is 22.2 Å². The van der Waals surface area contributed by atoms with E-state index in [2.05, 4.69) is 10.1 Å². The van der Waals surface area contributed by atoms with Gasteiger partial charge in [0.25, 0.3) is 0 Å². The minimum atomic E-state index is -0.438. The number of esters is 1. The van der Waals surface area contributed by atoms with E-state index in [4.69, 9.17) is 21.1 Å². The molecule has 0 unspecified atom stereocenters. The summed E-state index contributed by atoms with van der Waals surface area (Å²) in [5, 5.41) is 4.81. The lowest BCUT2D eigenvalue weighted by Gasteiger charge is -2.05. The van der Waals surface area contributed by atoms with Crippen LogP contribution in [0.2, 0.25) is 5.02 Å². The fourth-order valence-electron chi connectivity index (χ4n) is 1.73. The molecule has 0 aliphatic carbocycles. The third kappa shape index (κ3) is 4.08. The minimum Gasteiger partial charge on any atom is -0.496 e. The second kappa shape index (κ2) is 7.09. The maximum atomic E-state index is 11.4. The Morgan fingerprint density at radius 1 is 1.41 bits per heavy atom. The Hall–Kier alpha value is -2.34. The SMILES string of the molecule is COc1ccc(Cl)cc1-c1ncn(C=CC(=O)OC(C)C)n1. The van der Waals surface area contributed by atoms with Crippen LogP contribution in [0.1, 0.15) is 13.8 Å². The first-order valence-electron chi connectivity index (χ1n) is 6.63. The smallest absolute Gasteiger partial charge is 0.332 e. The highest BCUT2D eigenvalue weighted by Gasteiger charge is 2.11. The molecule has 0 radical (unpaired) electrons. The number of benzene rings is 1. The zero-order valence-electron chi connectivity index (χ0n) is 12.5. The van der Waals surface area contributed by atoms with Gasteiger partial charge in [-0.1, -0.05) is 11.6 Å². The number of nitrogens with zero attached hydrogens (tertiary/aromatic N) is 3. The Balaban J connectivity index is 2.20. The number of rotatable bonds is 5. The number of carbonyl (C=O) groups excluding carboxylic acids is 1. The Morgan fingerprint density at radius 2 is 2.18 bits per heavy atom. The van der Waals surface area contributed by atoms with E-state index in [0.717, 1.165) is 0 Å². The summed E-state index contributed by atoms with van der Waals surface area (Å²) in [7, 11) is 1.56. The number of ether oxygens (including phenoxy) is 2. The van der Waals surface area contributed by atoms with Gasteiger partial charge in [0.05, 0.1) is 18.8 Å². The van der Waals surface area contributed by atoms with Crippen LogP contribution in [-0.2, 0) is 9.53 Å². The largest absolute Gasteiger partial charge is 0.496 e. The maximum absolute atomic E-state index is 11.4. The second-order valence-electron chi connectivity index (χ2n) is 4.69. The lowest BCUT2D eigenvalue weighted by Crippen LogP contribution is -2.08. The molecular weight excluding hydrogens is 306 g/mol. The van der Waals surface area contributed by atoms with Gasteiger partial charge in [0.1, 0.15) is 12.1 Å². The van der Waals surface area contributed by atoms with E-state index < -0.39 is 5.97 Å². The first-order valence-corrected chi connectivity index (χ1v) is 7.01. The number of methoxy groups -OCH3 is 1. The van der Waals surface area contributed by atoms with Gasteiger partial charge in [0.15, 0.2) is 5.82 Å². The highest BCUT2D eigenvalue weighted by Crippen LogP contribution is 2.29. The van der Waals surface area contributed by atoms with Crippen molar-refractivity contribution in [2.75, 3.05) is 7.11 Å². The Bertz CT molecular complexity index is 695. The van der Waals surface area contributed by atoms with Gasteiger partial charge in [-0.15, -0.1) is 5.10 Å². The molecule has 0 saturated carbocycles. The van der Waals surface area contributed by atoms with E-state index >= 15 is 0 Å². The summed E-state index contributed by atoms with van der Waals surface area (Å²) in [5.41, 5.74) is 0.673. The Kier molecular flexibility index (Phi) is 5.16. The summed E-state index contributed by atoms with van der Waals surface area (Å²) >= 11 is 5.99. The molecule has 116 valence electrons. The molecule has 0 aliphatic rings. The third-order valence-electron chi connectivity index (χ3n) is 2.63. The maximum Gasteiger partial charge on any atom is 0.332 e. The van der Waals surface area contributed by atoms with Crippen LogP contribution in [0.4, 0.5) is 0 Å². The first kappa shape index (κ1) is 16.0. The standard InChI is InChI=1S/C15H16ClN3O3/c1-10(2)22-14(20)6-7-19-9-17-15(18-19)12-8-11(16)4-5-13(12)21-3/h4-10H,1-3H3. The van der Waals surface area contributed by atoms with Crippen LogP contribution in [-0.4, -0.2) is 33.9 Å². The van der Waals surface area contributed by atoms with Crippen molar-refractivity contribution in [3.05, 3.63) is 35.6 Å². The van der Waals surface area contributed by atoms with Crippen LogP contribution in [0, 0.1) is 0 Å². The normalized spacial score (nSPS) is 11.1. The number of carbonyl (C=O) groups is 1. The molecule has 1 aromatic carbocycles. The van der Waals surface area contributed by atoms with Crippen molar-refractivity contribution < 1.29 is 14.3 Å². The quantitative estimate of drug-likeness (QED) is 0.625. The van der Waals surface area contributed by atoms with Gasteiger partial charge < -0.3 is 9.47 Å². The predicted octanol–water partition coefficient (Wildman–Crippen LogP) is 3.03. The van der Waals surface area contributed by atoms with Crippen LogP contribution in [0.15, 0.2) is 30.6 Å². The molecule has 0 spiro atoms. The van der Waals surface area contributed by atoms with Gasteiger partial charge in [-0.3, -0.25) is 0 Å². The lowest BCUT2D eigenvalue weighted by atomic mass is 10.2. The Morgan fingerprint density at radius 3 is 2.86 bits per heavy atom. The number of aromatic nitrogens is 3. The molecule has 0 bridgehead atoms. The fourth-order valence-corrected chi connectivity index (χ4v) is 1.91. The molecule has 0 N–H and O–H groups in total. The molecule has 0 atom stereocenters.